The Morgan fingerprint density at radius 2 is 1.60 bits per heavy atom. The Labute approximate surface area is 253 Å². The van der Waals surface area contributed by atoms with E-state index in [0.717, 1.165) is 28.3 Å². The summed E-state index contributed by atoms with van der Waals surface area (Å²) < 4.78 is 39.8. The van der Waals surface area contributed by atoms with Crippen molar-refractivity contribution >= 4 is 39.1 Å². The van der Waals surface area contributed by atoms with E-state index in [-0.39, 0.29) is 23.0 Å². The highest BCUT2D eigenvalue weighted by molar-refractivity contribution is 7.92. The molecule has 1 N–H and O–H groups in total. The van der Waals surface area contributed by atoms with E-state index in [1.807, 2.05) is 13.8 Å². The van der Waals surface area contributed by atoms with E-state index >= 15 is 0 Å². The lowest BCUT2D eigenvalue weighted by Crippen LogP contribution is -2.51. The molecule has 2 amide bonds. The first-order valence-corrected chi connectivity index (χ1v) is 15.5. The fourth-order valence-corrected chi connectivity index (χ4v) is 5.78. The lowest BCUT2D eigenvalue weighted by molar-refractivity contribution is -0.139. The number of amides is 2. The Bertz CT molecular complexity index is 1460. The van der Waals surface area contributed by atoms with E-state index in [4.69, 9.17) is 21.1 Å². The molecule has 0 fully saturated rings. The molecule has 0 aliphatic rings. The maximum absolute atomic E-state index is 14.0. The van der Waals surface area contributed by atoms with Crippen molar-refractivity contribution in [2.24, 2.45) is 0 Å². The SMILES string of the molecule is CCCCNC(=O)C(C)N(Cc1ccc(Cl)cc1)C(=O)CN(c1ccc(OC)c(OC)c1)S(=O)(=O)c1ccc(C)cc1. The van der Waals surface area contributed by atoms with E-state index in [0.29, 0.717) is 23.1 Å². The molecule has 42 heavy (non-hydrogen) atoms. The number of aryl methyl sites for hydroxylation is 1. The summed E-state index contributed by atoms with van der Waals surface area (Å²) in [5.41, 5.74) is 1.83. The summed E-state index contributed by atoms with van der Waals surface area (Å²) in [5, 5.41) is 3.40. The van der Waals surface area contributed by atoms with Gasteiger partial charge < -0.3 is 19.7 Å². The number of benzene rings is 3. The zero-order valence-electron chi connectivity index (χ0n) is 24.6. The van der Waals surface area contributed by atoms with Gasteiger partial charge in [0.2, 0.25) is 11.8 Å². The minimum Gasteiger partial charge on any atom is -0.493 e. The van der Waals surface area contributed by atoms with E-state index in [1.165, 1.54) is 37.3 Å². The fraction of sp³-hybridized carbons (Fsp3) is 0.355. The van der Waals surface area contributed by atoms with Gasteiger partial charge in [0.25, 0.3) is 10.0 Å². The number of carbonyl (C=O) groups is 2. The van der Waals surface area contributed by atoms with Crippen LogP contribution in [-0.2, 0) is 26.2 Å². The van der Waals surface area contributed by atoms with Crippen molar-refractivity contribution in [3.8, 4) is 11.5 Å². The van der Waals surface area contributed by atoms with Crippen LogP contribution in [0.15, 0.2) is 71.6 Å². The Kier molecular flexibility index (Phi) is 11.6. The van der Waals surface area contributed by atoms with Crippen LogP contribution >= 0.6 is 11.6 Å². The van der Waals surface area contributed by atoms with Gasteiger partial charge in [-0.3, -0.25) is 13.9 Å². The molecule has 0 bridgehead atoms. The molecule has 0 aromatic heterocycles. The lowest BCUT2D eigenvalue weighted by Gasteiger charge is -2.32. The molecule has 1 atom stereocenters. The van der Waals surface area contributed by atoms with Crippen LogP contribution in [0.2, 0.25) is 5.02 Å². The molecule has 0 aliphatic carbocycles. The van der Waals surface area contributed by atoms with Crippen LogP contribution in [0.4, 0.5) is 5.69 Å². The van der Waals surface area contributed by atoms with Crippen molar-refractivity contribution in [1.82, 2.24) is 10.2 Å². The molecular formula is C31H38ClN3O6S. The molecule has 3 aromatic carbocycles. The maximum atomic E-state index is 14.0. The Morgan fingerprint density at radius 1 is 0.952 bits per heavy atom. The van der Waals surface area contributed by atoms with Crippen LogP contribution < -0.4 is 19.1 Å². The number of carbonyl (C=O) groups excluding carboxylic acids is 2. The zero-order valence-corrected chi connectivity index (χ0v) is 26.2. The van der Waals surface area contributed by atoms with E-state index in [2.05, 4.69) is 5.32 Å². The third-order valence-electron chi connectivity index (χ3n) is 6.81. The van der Waals surface area contributed by atoms with E-state index in [9.17, 15) is 18.0 Å². The van der Waals surface area contributed by atoms with Gasteiger partial charge in [-0.25, -0.2) is 8.42 Å². The van der Waals surface area contributed by atoms with Crippen LogP contribution in [0.25, 0.3) is 0 Å². The Hall–Kier alpha value is -3.76. The molecule has 0 spiro atoms. The molecule has 226 valence electrons. The number of ether oxygens (including phenoxy) is 2. The summed E-state index contributed by atoms with van der Waals surface area (Å²) in [6.07, 6.45) is 1.70. The number of hydrogen-bond acceptors (Lipinski definition) is 6. The molecule has 0 heterocycles. The van der Waals surface area contributed by atoms with Gasteiger partial charge in [-0.05, 0) is 62.2 Å². The third kappa shape index (κ3) is 8.17. The number of nitrogens with one attached hydrogen (secondary N) is 1. The molecule has 3 aromatic rings. The van der Waals surface area contributed by atoms with Gasteiger partial charge >= 0.3 is 0 Å². The summed E-state index contributed by atoms with van der Waals surface area (Å²) >= 11 is 6.06. The first-order valence-electron chi connectivity index (χ1n) is 13.6. The third-order valence-corrected chi connectivity index (χ3v) is 8.85. The quantitative estimate of drug-likeness (QED) is 0.250. The Morgan fingerprint density at radius 3 is 2.19 bits per heavy atom. The molecule has 1 unspecified atom stereocenters. The monoisotopic (exact) mass is 615 g/mol. The van der Waals surface area contributed by atoms with Crippen LogP contribution in [-0.4, -0.2) is 58.5 Å². The molecule has 0 aliphatic heterocycles. The minimum absolute atomic E-state index is 0.0188. The van der Waals surface area contributed by atoms with Gasteiger partial charge in [-0.15, -0.1) is 0 Å². The predicted molar refractivity (Wildman–Crippen MR) is 165 cm³/mol. The first-order chi connectivity index (χ1) is 20.0. The zero-order chi connectivity index (χ0) is 30.9. The highest BCUT2D eigenvalue weighted by Crippen LogP contribution is 2.34. The molecule has 9 nitrogen and oxygen atoms in total. The highest BCUT2D eigenvalue weighted by Gasteiger charge is 2.33. The fourth-order valence-electron chi connectivity index (χ4n) is 4.25. The summed E-state index contributed by atoms with van der Waals surface area (Å²) in [5.74, 6) is -0.186. The second kappa shape index (κ2) is 14.9. The number of unbranched alkanes of at least 4 members (excludes halogenated alkanes) is 1. The first kappa shape index (κ1) is 32.8. The number of anilines is 1. The molecule has 0 saturated carbocycles. The Balaban J connectivity index is 2.05. The largest absolute Gasteiger partial charge is 0.493 e. The van der Waals surface area contributed by atoms with E-state index < -0.39 is 28.5 Å². The van der Waals surface area contributed by atoms with Crippen molar-refractivity contribution < 1.29 is 27.5 Å². The average Bonchev–Trinajstić information content (AvgIpc) is 2.98. The van der Waals surface area contributed by atoms with Crippen LogP contribution in [0.1, 0.15) is 37.8 Å². The van der Waals surface area contributed by atoms with Gasteiger partial charge in [0.15, 0.2) is 11.5 Å². The van der Waals surface area contributed by atoms with Crippen LogP contribution in [0.5, 0.6) is 11.5 Å². The second-order valence-electron chi connectivity index (χ2n) is 9.83. The van der Waals surface area contributed by atoms with Crippen molar-refractivity contribution in [2.45, 2.75) is 51.1 Å². The number of rotatable bonds is 14. The van der Waals surface area contributed by atoms with Gasteiger partial charge in [0.05, 0.1) is 24.8 Å². The molecular weight excluding hydrogens is 578 g/mol. The van der Waals surface area contributed by atoms with Gasteiger partial charge in [-0.2, -0.15) is 0 Å². The standard InChI is InChI=1S/C31H38ClN3O6S/c1-6-7-18-33-31(37)23(3)34(20-24-10-12-25(32)13-11-24)30(36)21-35(26-14-17-28(40-4)29(19-26)41-5)42(38,39)27-15-8-22(2)9-16-27/h8-17,19,23H,6-7,18,20-21H2,1-5H3,(H,33,37). The van der Waals surface area contributed by atoms with Gasteiger partial charge in [-0.1, -0.05) is 54.8 Å². The molecule has 3 rings (SSSR count). The number of halogens is 1. The molecule has 0 radical (unpaired) electrons. The highest BCUT2D eigenvalue weighted by atomic mass is 35.5. The smallest absolute Gasteiger partial charge is 0.264 e. The summed E-state index contributed by atoms with van der Waals surface area (Å²) in [6, 6.07) is 17.0. The molecule has 11 heteroatoms. The van der Waals surface area contributed by atoms with Crippen molar-refractivity contribution in [3.05, 3.63) is 82.9 Å². The van der Waals surface area contributed by atoms with E-state index in [1.54, 1.807) is 55.5 Å². The predicted octanol–water partition coefficient (Wildman–Crippen LogP) is 5.19. The number of methoxy groups -OCH3 is 2. The summed E-state index contributed by atoms with van der Waals surface area (Å²) in [7, 11) is -1.30. The second-order valence-corrected chi connectivity index (χ2v) is 12.1. The molecule has 0 saturated heterocycles. The number of hydrogen-bond donors (Lipinski definition) is 1. The van der Waals surface area contributed by atoms with Crippen molar-refractivity contribution in [2.75, 3.05) is 31.6 Å². The minimum atomic E-state index is -4.21. The average molecular weight is 616 g/mol. The van der Waals surface area contributed by atoms with Crippen molar-refractivity contribution in [1.29, 1.82) is 0 Å². The van der Waals surface area contributed by atoms with Crippen molar-refractivity contribution in [3.63, 3.8) is 0 Å². The number of nitrogens with zero attached hydrogens (tertiary/aromatic N) is 2. The van der Waals surface area contributed by atoms with Gasteiger partial charge in [0, 0.05) is 24.2 Å². The summed E-state index contributed by atoms with van der Waals surface area (Å²) in [4.78, 5) is 28.5. The summed E-state index contributed by atoms with van der Waals surface area (Å²) in [6.45, 7) is 5.48. The number of sulfonamides is 1. The normalized spacial score (nSPS) is 11.9. The maximum Gasteiger partial charge on any atom is 0.264 e. The van der Waals surface area contributed by atoms with Gasteiger partial charge in [0.1, 0.15) is 12.6 Å². The van der Waals surface area contributed by atoms with Crippen LogP contribution in [0.3, 0.4) is 0 Å². The van der Waals surface area contributed by atoms with Crippen LogP contribution in [0, 0.1) is 6.92 Å². The lowest BCUT2D eigenvalue weighted by atomic mass is 10.1. The topological polar surface area (TPSA) is 105 Å².